The molecule has 0 spiro atoms. The van der Waals surface area contributed by atoms with E-state index in [4.69, 9.17) is 4.74 Å². The van der Waals surface area contributed by atoms with Crippen molar-refractivity contribution in [2.75, 3.05) is 37.6 Å². The summed E-state index contributed by atoms with van der Waals surface area (Å²) in [5, 5.41) is 22.4. The zero-order valence-electron chi connectivity index (χ0n) is 28.3. The van der Waals surface area contributed by atoms with Crippen molar-refractivity contribution < 1.29 is 28.5 Å². The van der Waals surface area contributed by atoms with Crippen LogP contribution < -0.4 is 9.64 Å². The minimum absolute atomic E-state index is 0.0615. The molecule has 8 nitrogen and oxygen atoms in total. The molecule has 0 saturated carbocycles. The fraction of sp³-hybridized carbons (Fsp3) is 0.333. The molecule has 7 rings (SSSR count). The highest BCUT2D eigenvalue weighted by molar-refractivity contribution is 7.11. The van der Waals surface area contributed by atoms with E-state index in [0.29, 0.717) is 11.3 Å². The van der Waals surface area contributed by atoms with E-state index in [9.17, 15) is 15.0 Å². The average molecular weight is 699 g/mol. The number of halogens is 2. The number of hydrogen-bond donors (Lipinski definition) is 3. The zero-order chi connectivity index (χ0) is 35.2. The molecule has 1 atom stereocenters. The molecule has 1 fully saturated rings. The second-order valence-electron chi connectivity index (χ2n) is 14.1. The van der Waals surface area contributed by atoms with E-state index in [2.05, 4.69) is 33.6 Å². The molecule has 50 heavy (non-hydrogen) atoms. The number of ether oxygens (including phenoxy) is 1. The first kappa shape index (κ1) is 33.9. The summed E-state index contributed by atoms with van der Waals surface area (Å²) >= 11 is 1.52. The summed E-state index contributed by atoms with van der Waals surface area (Å²) in [6.45, 7) is 10.0. The number of carboxylic acid groups (broad SMARTS) is 1. The van der Waals surface area contributed by atoms with Crippen LogP contribution in [0.25, 0.3) is 27.7 Å². The monoisotopic (exact) mass is 698 g/mol. The van der Waals surface area contributed by atoms with Gasteiger partial charge in [-0.15, -0.1) is 11.3 Å². The molecule has 0 amide bonds. The number of aromatic carboxylic acids is 1. The molecule has 0 bridgehead atoms. The number of benzene rings is 2. The third-order valence-corrected chi connectivity index (χ3v) is 10.9. The number of hydrogen-bond acceptors (Lipinski definition) is 7. The lowest BCUT2D eigenvalue weighted by Gasteiger charge is -2.39. The van der Waals surface area contributed by atoms with Crippen LogP contribution in [0.2, 0.25) is 0 Å². The Labute approximate surface area is 293 Å². The first-order valence-corrected chi connectivity index (χ1v) is 17.7. The second-order valence-corrected chi connectivity index (χ2v) is 15.0. The Bertz CT molecular complexity index is 2070. The molecule has 1 saturated heterocycles. The number of carboxylic acids is 1. The minimum atomic E-state index is -1.06. The van der Waals surface area contributed by atoms with Crippen LogP contribution in [-0.4, -0.2) is 63.8 Å². The fourth-order valence-corrected chi connectivity index (χ4v) is 8.00. The number of fused-ring (bicyclic) bond motifs is 1. The van der Waals surface area contributed by atoms with Crippen LogP contribution >= 0.6 is 11.3 Å². The molecule has 1 aliphatic carbocycles. The maximum atomic E-state index is 15.1. The number of nitrogens with one attached hydrogen (secondary N) is 1. The summed E-state index contributed by atoms with van der Waals surface area (Å²) in [4.78, 5) is 25.2. The number of aromatic nitrogens is 2. The third-order valence-electron chi connectivity index (χ3n) is 9.87. The third kappa shape index (κ3) is 7.03. The Kier molecular flexibility index (Phi) is 9.23. The van der Waals surface area contributed by atoms with Crippen molar-refractivity contribution in [3.8, 4) is 22.6 Å². The minimum Gasteiger partial charge on any atom is -0.478 e. The van der Waals surface area contributed by atoms with Gasteiger partial charge in [0.15, 0.2) is 0 Å². The first-order chi connectivity index (χ1) is 23.9. The number of piperazine rings is 1. The number of carbonyl (C=O) groups is 1. The fourth-order valence-electron chi connectivity index (χ4n) is 7.01. The normalized spacial score (nSPS) is 17.4. The van der Waals surface area contributed by atoms with Crippen LogP contribution in [0.15, 0.2) is 71.9 Å². The predicted molar refractivity (Wildman–Crippen MR) is 193 cm³/mol. The number of nitrogens with zero attached hydrogens (tertiary/aromatic N) is 3. The van der Waals surface area contributed by atoms with E-state index in [-0.39, 0.29) is 27.9 Å². The van der Waals surface area contributed by atoms with Crippen molar-refractivity contribution in [2.45, 2.75) is 46.1 Å². The molecule has 3 aromatic heterocycles. The van der Waals surface area contributed by atoms with Gasteiger partial charge in [-0.1, -0.05) is 19.4 Å². The summed E-state index contributed by atoms with van der Waals surface area (Å²) < 4.78 is 36.2. The van der Waals surface area contributed by atoms with Gasteiger partial charge in [-0.25, -0.2) is 18.6 Å². The van der Waals surface area contributed by atoms with Crippen molar-refractivity contribution >= 4 is 39.6 Å². The van der Waals surface area contributed by atoms with E-state index in [1.54, 1.807) is 24.5 Å². The van der Waals surface area contributed by atoms with Crippen molar-refractivity contribution in [3.05, 3.63) is 99.5 Å². The summed E-state index contributed by atoms with van der Waals surface area (Å²) in [5.74, 6) is -1.68. The van der Waals surface area contributed by atoms with Crippen LogP contribution in [-0.2, 0) is 0 Å². The maximum absolute atomic E-state index is 15.1. The Morgan fingerprint density at radius 2 is 1.84 bits per heavy atom. The zero-order valence-corrected chi connectivity index (χ0v) is 29.1. The molecule has 5 aromatic rings. The molecule has 1 unspecified atom stereocenters. The summed E-state index contributed by atoms with van der Waals surface area (Å²) in [6, 6.07) is 13.3. The number of anilines is 1. The number of allylic oxidation sites excluding steroid dienone is 1. The summed E-state index contributed by atoms with van der Waals surface area (Å²) in [7, 11) is 0. The van der Waals surface area contributed by atoms with Crippen LogP contribution in [0.4, 0.5) is 14.5 Å². The van der Waals surface area contributed by atoms with Crippen LogP contribution in [0.1, 0.15) is 66.9 Å². The Morgan fingerprint density at radius 3 is 2.56 bits per heavy atom. The van der Waals surface area contributed by atoms with Gasteiger partial charge in [0.2, 0.25) is 0 Å². The molecule has 1 aliphatic heterocycles. The lowest BCUT2D eigenvalue weighted by atomic mass is 9.73. The van der Waals surface area contributed by atoms with E-state index in [0.717, 1.165) is 73.6 Å². The van der Waals surface area contributed by atoms with Gasteiger partial charge >= 0.3 is 5.97 Å². The quantitative estimate of drug-likeness (QED) is 0.141. The largest absolute Gasteiger partial charge is 0.478 e. The molecule has 11 heteroatoms. The highest BCUT2D eigenvalue weighted by atomic mass is 32.1. The van der Waals surface area contributed by atoms with Crippen molar-refractivity contribution in [2.24, 2.45) is 5.41 Å². The molecule has 0 radical (unpaired) electrons. The smallest absolute Gasteiger partial charge is 0.339 e. The Hall–Kier alpha value is -4.58. The van der Waals surface area contributed by atoms with Crippen LogP contribution in [0.5, 0.6) is 11.5 Å². The van der Waals surface area contributed by atoms with Gasteiger partial charge in [0.1, 0.15) is 34.3 Å². The highest BCUT2D eigenvalue weighted by Crippen LogP contribution is 2.46. The van der Waals surface area contributed by atoms with Crippen LogP contribution in [0, 0.1) is 17.0 Å². The number of aliphatic hydroxyl groups excluding tert-OH is 1. The van der Waals surface area contributed by atoms with E-state index in [1.807, 2.05) is 29.6 Å². The standard InChI is InChI=1S/C39H40F2N4O4S/c1-23(46)26-15-32(40)36(33(41)16-26)27-17-35(50-22-27)31-19-39(2,3)8-6-25(31)21-44-10-12-45(13-11-44)28-4-5-30(38(47)48)34(18-28)49-29-14-24-7-9-42-37(24)43-20-29/h4-5,7,9,14-18,20,22-23,46H,6,8,10-13,19,21H2,1-3H3,(H,42,43)(H,47,48). The summed E-state index contributed by atoms with van der Waals surface area (Å²) in [5.41, 5.74) is 5.12. The number of rotatable bonds is 9. The highest BCUT2D eigenvalue weighted by Gasteiger charge is 2.30. The SMILES string of the molecule is CC(O)c1cc(F)c(-c2csc(C3=C(CN4CCN(c5ccc(C(=O)O)c(Oc6cnc7[nH]ccc7c6)c5)CC4)CCC(C)(C)C3)c2)c(F)c1. The number of H-pyrrole nitrogens is 1. The molecule has 2 aliphatic rings. The average Bonchev–Trinajstić information content (AvgIpc) is 3.75. The number of thiophene rings is 1. The van der Waals surface area contributed by atoms with Gasteiger partial charge in [-0.3, -0.25) is 4.90 Å². The van der Waals surface area contributed by atoms with Gasteiger partial charge < -0.3 is 24.8 Å². The first-order valence-electron chi connectivity index (χ1n) is 16.9. The molecular weight excluding hydrogens is 659 g/mol. The Balaban J connectivity index is 1.08. The topological polar surface area (TPSA) is 102 Å². The van der Waals surface area contributed by atoms with E-state index < -0.39 is 23.7 Å². The Morgan fingerprint density at radius 1 is 1.08 bits per heavy atom. The van der Waals surface area contributed by atoms with Gasteiger partial charge in [-0.05, 0) is 96.1 Å². The molecular formula is C39H40F2N4O4S. The molecule has 2 aromatic carbocycles. The van der Waals surface area contributed by atoms with Crippen LogP contribution in [0.3, 0.4) is 0 Å². The van der Waals surface area contributed by atoms with E-state index in [1.165, 1.54) is 41.5 Å². The van der Waals surface area contributed by atoms with Crippen molar-refractivity contribution in [1.82, 2.24) is 14.9 Å². The van der Waals surface area contributed by atoms with Gasteiger partial charge in [0.05, 0.1) is 17.9 Å². The molecule has 260 valence electrons. The lowest BCUT2D eigenvalue weighted by Crippen LogP contribution is -2.47. The van der Waals surface area contributed by atoms with Gasteiger partial charge in [-0.2, -0.15) is 0 Å². The van der Waals surface area contributed by atoms with Crippen molar-refractivity contribution in [3.63, 3.8) is 0 Å². The lowest BCUT2D eigenvalue weighted by molar-refractivity contribution is 0.0694. The van der Waals surface area contributed by atoms with Gasteiger partial charge in [0, 0.05) is 60.9 Å². The van der Waals surface area contributed by atoms with E-state index >= 15 is 8.78 Å². The predicted octanol–water partition coefficient (Wildman–Crippen LogP) is 8.90. The summed E-state index contributed by atoms with van der Waals surface area (Å²) in [6.07, 6.45) is 5.33. The number of aromatic amines is 1. The molecule has 4 heterocycles. The molecule has 3 N–H and O–H groups in total. The van der Waals surface area contributed by atoms with Gasteiger partial charge in [0.25, 0.3) is 0 Å². The number of pyridine rings is 1. The van der Waals surface area contributed by atoms with Crippen molar-refractivity contribution in [1.29, 1.82) is 0 Å². The number of aliphatic hydroxyl groups is 1. The second kappa shape index (κ2) is 13.6. The maximum Gasteiger partial charge on any atom is 0.339 e.